The zero-order chi connectivity index (χ0) is 25.7. The lowest BCUT2D eigenvalue weighted by atomic mass is 10.1. The van der Waals surface area contributed by atoms with Crippen LogP contribution in [-0.4, -0.2) is 30.0 Å². The predicted molar refractivity (Wildman–Crippen MR) is 144 cm³/mol. The molecule has 0 saturated carbocycles. The van der Waals surface area contributed by atoms with Gasteiger partial charge in [0.1, 0.15) is 0 Å². The van der Waals surface area contributed by atoms with Crippen molar-refractivity contribution >= 4 is 46.2 Å². The molecule has 0 saturated heterocycles. The van der Waals surface area contributed by atoms with Crippen molar-refractivity contribution in [1.82, 2.24) is 0 Å². The van der Waals surface area contributed by atoms with Gasteiger partial charge in [-0.05, 0) is 71.8 Å². The summed E-state index contributed by atoms with van der Waals surface area (Å²) in [6.45, 7) is 4.42. The highest BCUT2D eigenvalue weighted by molar-refractivity contribution is 14.1. The molecule has 1 aliphatic rings. The van der Waals surface area contributed by atoms with Crippen LogP contribution in [0.25, 0.3) is 6.08 Å². The largest absolute Gasteiger partial charge is 0.490 e. The normalized spacial score (nSPS) is 13.9. The van der Waals surface area contributed by atoms with E-state index in [9.17, 15) is 14.9 Å². The average Bonchev–Trinajstić information content (AvgIpc) is 3.21. The number of aliphatic imine (C=N–C) groups is 1. The third-order valence-corrected chi connectivity index (χ3v) is 6.27. The molecule has 0 unspecified atom stereocenters. The molecule has 9 heteroatoms. The van der Waals surface area contributed by atoms with Crippen LogP contribution in [0.15, 0.2) is 71.4 Å². The Morgan fingerprint density at radius 3 is 2.61 bits per heavy atom. The first kappa shape index (κ1) is 25.4. The van der Waals surface area contributed by atoms with Crippen molar-refractivity contribution in [3.63, 3.8) is 0 Å². The molecule has 0 spiro atoms. The number of cyclic esters (lactones) is 1. The van der Waals surface area contributed by atoms with E-state index < -0.39 is 10.9 Å². The minimum Gasteiger partial charge on any atom is -0.490 e. The number of nitro benzene ring substituents is 1. The lowest BCUT2D eigenvalue weighted by Gasteiger charge is -2.15. The number of halogens is 1. The van der Waals surface area contributed by atoms with Crippen LogP contribution in [0.5, 0.6) is 11.5 Å². The maximum atomic E-state index is 12.5. The lowest BCUT2D eigenvalue weighted by molar-refractivity contribution is -0.385. The van der Waals surface area contributed by atoms with Gasteiger partial charge in [-0.1, -0.05) is 36.4 Å². The zero-order valence-corrected chi connectivity index (χ0v) is 21.9. The molecule has 8 nitrogen and oxygen atoms in total. The van der Waals surface area contributed by atoms with Gasteiger partial charge in [0.05, 0.1) is 21.7 Å². The Morgan fingerprint density at radius 2 is 1.89 bits per heavy atom. The molecule has 3 aromatic carbocycles. The van der Waals surface area contributed by atoms with Crippen molar-refractivity contribution in [2.45, 2.75) is 20.3 Å². The van der Waals surface area contributed by atoms with E-state index in [4.69, 9.17) is 14.2 Å². The minimum atomic E-state index is -0.632. The molecule has 0 fully saturated rings. The summed E-state index contributed by atoms with van der Waals surface area (Å²) in [6.07, 6.45) is 2.36. The molecule has 184 valence electrons. The molecule has 1 aliphatic heterocycles. The van der Waals surface area contributed by atoms with Crippen LogP contribution in [0.3, 0.4) is 0 Å². The third-order valence-electron chi connectivity index (χ3n) is 5.47. The number of benzene rings is 3. The van der Waals surface area contributed by atoms with Crippen molar-refractivity contribution in [3.8, 4) is 11.5 Å². The molecular weight excluding hydrogens is 575 g/mol. The Hall–Kier alpha value is -3.73. The van der Waals surface area contributed by atoms with Crippen LogP contribution < -0.4 is 9.47 Å². The maximum absolute atomic E-state index is 12.5. The van der Waals surface area contributed by atoms with Gasteiger partial charge in [-0.2, -0.15) is 0 Å². The zero-order valence-electron chi connectivity index (χ0n) is 19.7. The summed E-state index contributed by atoms with van der Waals surface area (Å²) in [5.74, 6) is 0.607. The van der Waals surface area contributed by atoms with Crippen molar-refractivity contribution in [3.05, 3.63) is 102 Å². The number of carbonyl (C=O) groups is 1. The first-order chi connectivity index (χ1) is 17.4. The third kappa shape index (κ3) is 5.73. The summed E-state index contributed by atoms with van der Waals surface area (Å²) >= 11 is 2.17. The summed E-state index contributed by atoms with van der Waals surface area (Å²) in [5.41, 5.74) is 2.66. The summed E-state index contributed by atoms with van der Waals surface area (Å²) in [7, 11) is 0. The molecule has 0 aromatic heterocycles. The molecule has 0 bridgehead atoms. The molecule has 1 heterocycles. The van der Waals surface area contributed by atoms with Gasteiger partial charge in [0.2, 0.25) is 5.90 Å². The fourth-order valence-electron chi connectivity index (χ4n) is 3.73. The number of esters is 1. The summed E-state index contributed by atoms with van der Waals surface area (Å²) in [5, 5.41) is 11.3. The SMILES string of the molecule is CCOc1cc(/C=C2\N=C(c3cccc([N+](=O)[O-])c3C)OC2=O)cc(I)c1OCCc1ccccc1. The fraction of sp³-hybridized carbons (Fsp3) is 0.185. The second kappa shape index (κ2) is 11.3. The maximum Gasteiger partial charge on any atom is 0.363 e. The number of rotatable bonds is 9. The Bertz CT molecular complexity index is 1370. The van der Waals surface area contributed by atoms with E-state index in [2.05, 4.69) is 39.7 Å². The minimum absolute atomic E-state index is 0.0352. The van der Waals surface area contributed by atoms with Crippen molar-refractivity contribution in [2.24, 2.45) is 4.99 Å². The highest BCUT2D eigenvalue weighted by Gasteiger charge is 2.27. The number of ether oxygens (including phenoxy) is 3. The van der Waals surface area contributed by atoms with Gasteiger partial charge in [0, 0.05) is 23.6 Å². The molecule has 0 amide bonds. The lowest BCUT2D eigenvalue weighted by Crippen LogP contribution is -2.08. The van der Waals surface area contributed by atoms with Crippen LogP contribution in [0.2, 0.25) is 0 Å². The van der Waals surface area contributed by atoms with E-state index in [0.29, 0.717) is 41.4 Å². The molecule has 0 N–H and O–H groups in total. The van der Waals surface area contributed by atoms with Crippen LogP contribution >= 0.6 is 22.6 Å². The van der Waals surface area contributed by atoms with Gasteiger partial charge in [-0.3, -0.25) is 10.1 Å². The number of carbonyl (C=O) groups excluding carboxylic acids is 1. The quantitative estimate of drug-likeness (QED) is 0.100. The topological polar surface area (TPSA) is 100 Å². The second-order valence-corrected chi connectivity index (χ2v) is 9.05. The Kier molecular flexibility index (Phi) is 7.99. The highest BCUT2D eigenvalue weighted by Crippen LogP contribution is 2.35. The average molecular weight is 598 g/mol. The molecule has 36 heavy (non-hydrogen) atoms. The van der Waals surface area contributed by atoms with E-state index in [1.165, 1.54) is 17.7 Å². The first-order valence-electron chi connectivity index (χ1n) is 11.3. The predicted octanol–water partition coefficient (Wildman–Crippen LogP) is 5.87. The van der Waals surface area contributed by atoms with E-state index in [1.807, 2.05) is 31.2 Å². The molecule has 3 aromatic rings. The van der Waals surface area contributed by atoms with Gasteiger partial charge >= 0.3 is 5.97 Å². The van der Waals surface area contributed by atoms with E-state index in [0.717, 1.165) is 9.99 Å². The molecular formula is C27H23IN2O6. The van der Waals surface area contributed by atoms with E-state index in [1.54, 1.807) is 25.1 Å². The van der Waals surface area contributed by atoms with Crippen LogP contribution in [0.1, 0.15) is 29.2 Å². The first-order valence-corrected chi connectivity index (χ1v) is 12.3. The monoisotopic (exact) mass is 598 g/mol. The van der Waals surface area contributed by atoms with Gasteiger partial charge in [-0.25, -0.2) is 9.79 Å². The highest BCUT2D eigenvalue weighted by atomic mass is 127. The van der Waals surface area contributed by atoms with Crippen molar-refractivity contribution < 1.29 is 23.9 Å². The van der Waals surface area contributed by atoms with Crippen LogP contribution in [-0.2, 0) is 16.0 Å². The number of nitrogens with zero attached hydrogens (tertiary/aromatic N) is 2. The van der Waals surface area contributed by atoms with E-state index >= 15 is 0 Å². The summed E-state index contributed by atoms with van der Waals surface area (Å²) in [6, 6.07) is 18.3. The Labute approximate surface area is 221 Å². The standard InChI is InChI=1S/C27H23IN2O6/c1-3-34-24-16-19(14-21(28)25(24)35-13-12-18-8-5-4-6-9-18)15-22-27(31)36-26(29-22)20-10-7-11-23(17(20)2)30(32)33/h4-11,14-16H,3,12-13H2,1-2H3/b22-15-. The number of hydrogen-bond donors (Lipinski definition) is 0. The van der Waals surface area contributed by atoms with Crippen molar-refractivity contribution in [2.75, 3.05) is 13.2 Å². The second-order valence-electron chi connectivity index (χ2n) is 7.89. The molecule has 0 aliphatic carbocycles. The van der Waals surface area contributed by atoms with Gasteiger partial charge in [0.15, 0.2) is 17.2 Å². The van der Waals surface area contributed by atoms with Crippen LogP contribution in [0.4, 0.5) is 5.69 Å². The van der Waals surface area contributed by atoms with Gasteiger partial charge < -0.3 is 14.2 Å². The van der Waals surface area contributed by atoms with Crippen LogP contribution in [0, 0.1) is 20.6 Å². The van der Waals surface area contributed by atoms with Gasteiger partial charge in [0.25, 0.3) is 5.69 Å². The van der Waals surface area contributed by atoms with Gasteiger partial charge in [-0.15, -0.1) is 0 Å². The molecule has 0 atom stereocenters. The Morgan fingerprint density at radius 1 is 1.11 bits per heavy atom. The van der Waals surface area contributed by atoms with E-state index in [-0.39, 0.29) is 17.3 Å². The Balaban J connectivity index is 1.60. The number of nitro groups is 1. The van der Waals surface area contributed by atoms with Crippen molar-refractivity contribution in [1.29, 1.82) is 0 Å². The molecule has 4 rings (SSSR count). The summed E-state index contributed by atoms with van der Waals surface area (Å²) in [4.78, 5) is 27.6. The summed E-state index contributed by atoms with van der Waals surface area (Å²) < 4.78 is 18.0. The molecule has 0 radical (unpaired) electrons. The smallest absolute Gasteiger partial charge is 0.363 e. The fourth-order valence-corrected chi connectivity index (χ4v) is 4.51. The number of hydrogen-bond acceptors (Lipinski definition) is 7.